The summed E-state index contributed by atoms with van der Waals surface area (Å²) in [6.45, 7) is 6.09. The lowest BCUT2D eigenvalue weighted by molar-refractivity contribution is -0.155. The van der Waals surface area contributed by atoms with E-state index in [-0.39, 0.29) is 23.9 Å². The summed E-state index contributed by atoms with van der Waals surface area (Å²) in [5.41, 5.74) is 1.28. The van der Waals surface area contributed by atoms with Crippen LogP contribution in [0.15, 0.2) is 18.2 Å². The summed E-state index contributed by atoms with van der Waals surface area (Å²) >= 11 is 6.09. The van der Waals surface area contributed by atoms with Crippen molar-refractivity contribution in [3.63, 3.8) is 0 Å². The van der Waals surface area contributed by atoms with E-state index in [1.165, 1.54) is 12.8 Å². The Hall–Kier alpha value is -2.12. The molecule has 0 radical (unpaired) electrons. The quantitative estimate of drug-likeness (QED) is 0.324. The first-order chi connectivity index (χ1) is 14.2. The monoisotopic (exact) mass is 434 g/mol. The topological polar surface area (TPSA) is 98.3 Å². The molecule has 1 heterocycles. The first-order valence-corrected chi connectivity index (χ1v) is 10.9. The fraction of sp³-hybridized carbons (Fsp3) is 0.591. The Morgan fingerprint density at radius 1 is 1.40 bits per heavy atom. The third-order valence-corrected chi connectivity index (χ3v) is 6.12. The van der Waals surface area contributed by atoms with E-state index < -0.39 is 5.92 Å². The molecule has 0 aliphatic heterocycles. The Bertz CT molecular complexity index is 886. The maximum absolute atomic E-state index is 13.3. The largest absolute Gasteiger partial charge is 0.345 e. The lowest BCUT2D eigenvalue weighted by Crippen LogP contribution is -2.43. The molecule has 2 aromatic rings. The fourth-order valence-corrected chi connectivity index (χ4v) is 4.45. The van der Waals surface area contributed by atoms with E-state index in [4.69, 9.17) is 11.6 Å². The third-order valence-electron chi connectivity index (χ3n) is 5.88. The highest BCUT2D eigenvalue weighted by atomic mass is 35.5. The molecule has 2 amide bonds. The molecular weight excluding hydrogens is 404 g/mol. The van der Waals surface area contributed by atoms with Gasteiger partial charge in [-0.3, -0.25) is 14.8 Å². The van der Waals surface area contributed by atoms with Gasteiger partial charge in [0.1, 0.15) is 5.82 Å². The molecule has 3 rings (SSSR count). The van der Waals surface area contributed by atoms with Crippen molar-refractivity contribution in [1.82, 2.24) is 20.3 Å². The highest BCUT2D eigenvalue weighted by Gasteiger charge is 2.34. The lowest BCUT2D eigenvalue weighted by Gasteiger charge is -2.32. The van der Waals surface area contributed by atoms with Crippen LogP contribution in [0.5, 0.6) is 0 Å². The standard InChI is InChI=1S/C22H31ClN4O3/c1-22(2,3)19(20-24-17-9-8-16(23)11-18(17)25-20)26-21(29)15(12-27(30)13-28)10-14-6-4-5-7-14/h8-9,11,13-15,19,30H,4-7,10,12H2,1-3H3,(H,24,25)(H,26,29). The number of aromatic nitrogens is 2. The average Bonchev–Trinajstić information content (AvgIpc) is 3.33. The fourth-order valence-electron chi connectivity index (χ4n) is 4.28. The van der Waals surface area contributed by atoms with Crippen molar-refractivity contribution in [2.75, 3.05) is 6.54 Å². The van der Waals surface area contributed by atoms with E-state index in [1.54, 1.807) is 6.07 Å². The highest BCUT2D eigenvalue weighted by molar-refractivity contribution is 6.31. The van der Waals surface area contributed by atoms with Crippen LogP contribution in [0, 0.1) is 17.3 Å². The van der Waals surface area contributed by atoms with Crippen LogP contribution in [0.2, 0.25) is 5.02 Å². The first-order valence-electron chi connectivity index (χ1n) is 10.5. The molecule has 1 aliphatic carbocycles. The smallest absolute Gasteiger partial charge is 0.233 e. The minimum Gasteiger partial charge on any atom is -0.345 e. The SMILES string of the molecule is CC(C)(C)C(NC(=O)C(CC1CCCC1)CN(O)C=O)c1nc2ccc(Cl)cc2[nH]1. The van der Waals surface area contributed by atoms with Gasteiger partial charge in [0.2, 0.25) is 12.3 Å². The molecule has 1 aromatic carbocycles. The van der Waals surface area contributed by atoms with E-state index in [0.29, 0.717) is 34.7 Å². The van der Waals surface area contributed by atoms with E-state index in [9.17, 15) is 14.8 Å². The molecule has 0 bridgehead atoms. The van der Waals surface area contributed by atoms with E-state index in [1.807, 2.05) is 32.9 Å². The molecule has 3 N–H and O–H groups in total. The number of hydrogen-bond acceptors (Lipinski definition) is 4. The van der Waals surface area contributed by atoms with E-state index in [0.717, 1.165) is 23.9 Å². The van der Waals surface area contributed by atoms with Crippen LogP contribution in [0.25, 0.3) is 11.0 Å². The van der Waals surface area contributed by atoms with Crippen LogP contribution in [0.4, 0.5) is 0 Å². The Balaban J connectivity index is 1.83. The van der Waals surface area contributed by atoms with Gasteiger partial charge in [-0.1, -0.05) is 58.1 Å². The van der Waals surface area contributed by atoms with Gasteiger partial charge in [0.15, 0.2) is 0 Å². The second-order valence-corrected chi connectivity index (χ2v) is 9.84. The predicted molar refractivity (Wildman–Crippen MR) is 116 cm³/mol. The van der Waals surface area contributed by atoms with Crippen LogP contribution < -0.4 is 5.32 Å². The second-order valence-electron chi connectivity index (χ2n) is 9.40. The molecule has 2 atom stereocenters. The molecule has 0 spiro atoms. The summed E-state index contributed by atoms with van der Waals surface area (Å²) in [4.78, 5) is 32.2. The van der Waals surface area contributed by atoms with Gasteiger partial charge in [0.25, 0.3) is 0 Å². The van der Waals surface area contributed by atoms with Gasteiger partial charge in [0.05, 0.1) is 29.5 Å². The molecule has 2 unspecified atom stereocenters. The number of imidazole rings is 1. The average molecular weight is 435 g/mol. The molecule has 1 saturated carbocycles. The van der Waals surface area contributed by atoms with Gasteiger partial charge in [-0.15, -0.1) is 0 Å². The molecule has 164 valence electrons. The molecule has 1 fully saturated rings. The molecule has 8 heteroatoms. The predicted octanol–water partition coefficient (Wildman–Crippen LogP) is 4.46. The first kappa shape index (κ1) is 22.6. The molecule has 1 aliphatic rings. The Labute approximate surface area is 182 Å². The van der Waals surface area contributed by atoms with Crippen molar-refractivity contribution < 1.29 is 14.8 Å². The summed E-state index contributed by atoms with van der Waals surface area (Å²) < 4.78 is 0. The van der Waals surface area contributed by atoms with Crippen molar-refractivity contribution in [2.24, 2.45) is 17.3 Å². The number of carbonyl (C=O) groups is 2. The molecule has 1 aromatic heterocycles. The van der Waals surface area contributed by atoms with Gasteiger partial charge in [-0.05, 0) is 36.0 Å². The van der Waals surface area contributed by atoms with Crippen LogP contribution in [-0.2, 0) is 9.59 Å². The number of fused-ring (bicyclic) bond motifs is 1. The number of hydrogen-bond donors (Lipinski definition) is 3. The van der Waals surface area contributed by atoms with Gasteiger partial charge >= 0.3 is 0 Å². The number of nitrogens with one attached hydrogen (secondary N) is 2. The number of hydroxylamine groups is 2. The zero-order valence-corrected chi connectivity index (χ0v) is 18.6. The number of rotatable bonds is 8. The van der Waals surface area contributed by atoms with E-state index >= 15 is 0 Å². The summed E-state index contributed by atoms with van der Waals surface area (Å²) in [6, 6.07) is 5.07. The van der Waals surface area contributed by atoms with Crippen molar-refractivity contribution >= 4 is 35.0 Å². The number of H-pyrrole nitrogens is 1. The minimum absolute atomic E-state index is 0.0154. The molecule has 7 nitrogen and oxygen atoms in total. The lowest BCUT2D eigenvalue weighted by atomic mass is 9.85. The number of benzene rings is 1. The van der Waals surface area contributed by atoms with Gasteiger partial charge in [0, 0.05) is 5.02 Å². The zero-order chi connectivity index (χ0) is 21.9. The number of halogens is 1. The summed E-state index contributed by atoms with van der Waals surface area (Å²) in [6.07, 6.45) is 5.51. The van der Waals surface area contributed by atoms with Crippen LogP contribution in [0.1, 0.15) is 64.7 Å². The minimum atomic E-state index is -0.480. The number of nitrogens with zero attached hydrogens (tertiary/aromatic N) is 2. The summed E-state index contributed by atoms with van der Waals surface area (Å²) in [7, 11) is 0. The van der Waals surface area contributed by atoms with Gasteiger partial charge in [-0.25, -0.2) is 10.0 Å². The zero-order valence-electron chi connectivity index (χ0n) is 17.8. The molecular formula is C22H31ClN4O3. The molecule has 30 heavy (non-hydrogen) atoms. The van der Waals surface area contributed by atoms with Crippen molar-refractivity contribution in [1.29, 1.82) is 0 Å². The Morgan fingerprint density at radius 3 is 2.73 bits per heavy atom. The summed E-state index contributed by atoms with van der Waals surface area (Å²) in [5.74, 6) is 0.444. The summed E-state index contributed by atoms with van der Waals surface area (Å²) in [5, 5.41) is 14.0. The van der Waals surface area contributed by atoms with Crippen molar-refractivity contribution in [2.45, 2.75) is 58.9 Å². The van der Waals surface area contributed by atoms with Crippen molar-refractivity contribution in [3.8, 4) is 0 Å². The molecule has 0 saturated heterocycles. The van der Waals surface area contributed by atoms with Crippen LogP contribution in [0.3, 0.4) is 0 Å². The number of aromatic amines is 1. The van der Waals surface area contributed by atoms with Gasteiger partial charge in [-0.2, -0.15) is 0 Å². The Kier molecular flexibility index (Phi) is 7.03. The van der Waals surface area contributed by atoms with Crippen LogP contribution in [-0.4, -0.2) is 39.1 Å². The van der Waals surface area contributed by atoms with Crippen LogP contribution >= 0.6 is 11.6 Å². The maximum Gasteiger partial charge on any atom is 0.233 e. The Morgan fingerprint density at radius 2 is 2.10 bits per heavy atom. The van der Waals surface area contributed by atoms with Crippen molar-refractivity contribution in [3.05, 3.63) is 29.0 Å². The normalized spacial score (nSPS) is 17.1. The highest BCUT2D eigenvalue weighted by Crippen LogP contribution is 2.34. The number of carbonyl (C=O) groups excluding carboxylic acids is 2. The number of amides is 2. The maximum atomic E-state index is 13.3. The van der Waals surface area contributed by atoms with Gasteiger partial charge < -0.3 is 10.3 Å². The second kappa shape index (κ2) is 9.35. The van der Waals surface area contributed by atoms with E-state index in [2.05, 4.69) is 15.3 Å². The third kappa shape index (κ3) is 5.52.